The van der Waals surface area contributed by atoms with Crippen molar-refractivity contribution in [2.45, 2.75) is 0 Å². The molecule has 2 heteroatoms. The number of nitrogens with zero attached hydrogens (tertiary/aromatic N) is 1. The Hall–Kier alpha value is -6.38. The highest BCUT2D eigenvalue weighted by Crippen LogP contribution is 2.39. The van der Waals surface area contributed by atoms with Gasteiger partial charge in [-0.05, 0) is 104 Å². The SMILES string of the molecule is c1cc(-c2ccc(N(c3ccc(-c4ccc5ccccc5c4)cc3)c3ccc4ccccc4c3)cc2)cc(-c2cc3ccccc3o2)c1. The van der Waals surface area contributed by atoms with Crippen LogP contribution in [0.4, 0.5) is 17.1 Å². The largest absolute Gasteiger partial charge is 0.456 e. The zero-order chi connectivity index (χ0) is 31.9. The predicted molar refractivity (Wildman–Crippen MR) is 202 cm³/mol. The second-order valence-electron chi connectivity index (χ2n) is 12.3. The molecule has 0 unspecified atom stereocenters. The van der Waals surface area contributed by atoms with Crippen LogP contribution in [-0.4, -0.2) is 0 Å². The number of benzene rings is 8. The first-order valence-corrected chi connectivity index (χ1v) is 16.3. The van der Waals surface area contributed by atoms with E-state index in [1.54, 1.807) is 0 Å². The highest BCUT2D eigenvalue weighted by atomic mass is 16.3. The summed E-state index contributed by atoms with van der Waals surface area (Å²) in [5.41, 5.74) is 10.0. The molecule has 48 heavy (non-hydrogen) atoms. The number of hydrogen-bond donors (Lipinski definition) is 0. The Bertz CT molecular complexity index is 2530. The molecule has 0 fully saturated rings. The average Bonchev–Trinajstić information content (AvgIpc) is 3.60. The van der Waals surface area contributed by atoms with Gasteiger partial charge in [0.25, 0.3) is 0 Å². The molecule has 9 rings (SSSR count). The number of rotatable bonds is 6. The van der Waals surface area contributed by atoms with E-state index >= 15 is 0 Å². The lowest BCUT2D eigenvalue weighted by Crippen LogP contribution is -2.09. The van der Waals surface area contributed by atoms with Crippen LogP contribution >= 0.6 is 0 Å². The van der Waals surface area contributed by atoms with Crippen molar-refractivity contribution >= 4 is 49.6 Å². The predicted octanol–water partition coefficient (Wildman–Crippen LogP) is 13.2. The van der Waals surface area contributed by atoms with Crippen molar-refractivity contribution in [2.75, 3.05) is 4.90 Å². The first-order valence-electron chi connectivity index (χ1n) is 16.3. The molecule has 0 radical (unpaired) electrons. The molecular formula is C46H31NO. The summed E-state index contributed by atoms with van der Waals surface area (Å²) in [7, 11) is 0. The minimum Gasteiger partial charge on any atom is -0.456 e. The van der Waals surface area contributed by atoms with Crippen molar-refractivity contribution in [1.29, 1.82) is 0 Å². The van der Waals surface area contributed by atoms with E-state index < -0.39 is 0 Å². The smallest absolute Gasteiger partial charge is 0.135 e. The third kappa shape index (κ3) is 5.20. The normalized spacial score (nSPS) is 11.3. The Morgan fingerprint density at radius 3 is 1.46 bits per heavy atom. The molecule has 2 nitrogen and oxygen atoms in total. The summed E-state index contributed by atoms with van der Waals surface area (Å²) in [6.45, 7) is 0. The maximum atomic E-state index is 6.17. The third-order valence-electron chi connectivity index (χ3n) is 9.23. The molecule has 0 bridgehead atoms. The quantitative estimate of drug-likeness (QED) is 0.185. The molecule has 226 valence electrons. The van der Waals surface area contributed by atoms with Crippen molar-refractivity contribution in [1.82, 2.24) is 0 Å². The van der Waals surface area contributed by atoms with Crippen molar-refractivity contribution in [2.24, 2.45) is 0 Å². The van der Waals surface area contributed by atoms with Crippen LogP contribution in [0.2, 0.25) is 0 Å². The Morgan fingerprint density at radius 1 is 0.292 bits per heavy atom. The first-order chi connectivity index (χ1) is 23.7. The van der Waals surface area contributed by atoms with Crippen molar-refractivity contribution in [3.8, 4) is 33.6 Å². The molecule has 1 heterocycles. The zero-order valence-corrected chi connectivity index (χ0v) is 26.3. The van der Waals surface area contributed by atoms with E-state index in [9.17, 15) is 0 Å². The molecule has 1 aromatic heterocycles. The number of hydrogen-bond acceptors (Lipinski definition) is 2. The van der Waals surface area contributed by atoms with E-state index in [0.29, 0.717) is 0 Å². The van der Waals surface area contributed by atoms with E-state index in [1.807, 2.05) is 18.2 Å². The van der Waals surface area contributed by atoms with Gasteiger partial charge in [-0.3, -0.25) is 0 Å². The molecule has 0 saturated carbocycles. The van der Waals surface area contributed by atoms with Gasteiger partial charge in [0.2, 0.25) is 0 Å². The van der Waals surface area contributed by atoms with Gasteiger partial charge in [0.05, 0.1) is 0 Å². The fourth-order valence-corrected chi connectivity index (χ4v) is 6.71. The summed E-state index contributed by atoms with van der Waals surface area (Å²) >= 11 is 0. The number of fused-ring (bicyclic) bond motifs is 3. The molecule has 0 atom stereocenters. The number of furan rings is 1. The second-order valence-corrected chi connectivity index (χ2v) is 12.3. The highest BCUT2D eigenvalue weighted by molar-refractivity contribution is 5.91. The van der Waals surface area contributed by atoms with Gasteiger partial charge in [-0.15, -0.1) is 0 Å². The van der Waals surface area contributed by atoms with Crippen LogP contribution in [0.15, 0.2) is 192 Å². The Morgan fingerprint density at radius 2 is 0.792 bits per heavy atom. The molecule has 9 aromatic rings. The summed E-state index contributed by atoms with van der Waals surface area (Å²) in [6, 6.07) is 67.0. The van der Waals surface area contributed by atoms with Gasteiger partial charge in [-0.25, -0.2) is 0 Å². The topological polar surface area (TPSA) is 16.4 Å². The van der Waals surface area contributed by atoms with Crippen LogP contribution in [0.5, 0.6) is 0 Å². The van der Waals surface area contributed by atoms with Crippen molar-refractivity contribution < 1.29 is 4.42 Å². The van der Waals surface area contributed by atoms with Gasteiger partial charge < -0.3 is 9.32 Å². The summed E-state index contributed by atoms with van der Waals surface area (Å²) < 4.78 is 6.17. The van der Waals surface area contributed by atoms with Gasteiger partial charge in [-0.1, -0.05) is 127 Å². The van der Waals surface area contributed by atoms with Gasteiger partial charge in [0.15, 0.2) is 0 Å². The lowest BCUT2D eigenvalue weighted by atomic mass is 10.00. The van der Waals surface area contributed by atoms with Gasteiger partial charge in [-0.2, -0.15) is 0 Å². The van der Waals surface area contributed by atoms with E-state index in [-0.39, 0.29) is 0 Å². The molecule has 0 amide bonds. The van der Waals surface area contributed by atoms with E-state index in [2.05, 4.69) is 175 Å². The monoisotopic (exact) mass is 613 g/mol. The van der Waals surface area contributed by atoms with E-state index in [0.717, 1.165) is 50.5 Å². The third-order valence-corrected chi connectivity index (χ3v) is 9.23. The van der Waals surface area contributed by atoms with Crippen LogP contribution in [0.25, 0.3) is 66.1 Å². The van der Waals surface area contributed by atoms with Crippen LogP contribution in [0.1, 0.15) is 0 Å². The average molecular weight is 614 g/mol. The Labute approximate surface area is 279 Å². The van der Waals surface area contributed by atoms with Gasteiger partial charge in [0.1, 0.15) is 11.3 Å². The van der Waals surface area contributed by atoms with E-state index in [4.69, 9.17) is 4.42 Å². The van der Waals surface area contributed by atoms with Crippen molar-refractivity contribution in [3.63, 3.8) is 0 Å². The standard InChI is InChI=1S/C46H31NO/c1-3-10-36-28-39(17-16-32(36)8-1)35-20-25-43(26-21-35)47(44-27-22-33-9-2-4-11-38(33)30-44)42-23-18-34(19-24-42)37-13-7-14-40(29-37)46-31-41-12-5-6-15-45(41)48-46/h1-31H. The molecule has 0 aliphatic carbocycles. The molecule has 0 aliphatic heterocycles. The molecule has 0 spiro atoms. The van der Waals surface area contributed by atoms with E-state index in [1.165, 1.54) is 32.7 Å². The van der Waals surface area contributed by atoms with Crippen LogP contribution < -0.4 is 4.90 Å². The fraction of sp³-hybridized carbons (Fsp3) is 0. The first kappa shape index (κ1) is 27.9. The Balaban J connectivity index is 1.08. The summed E-state index contributed by atoms with van der Waals surface area (Å²) in [6.07, 6.45) is 0. The number of anilines is 3. The summed E-state index contributed by atoms with van der Waals surface area (Å²) in [4.78, 5) is 2.34. The molecular weight excluding hydrogens is 583 g/mol. The zero-order valence-electron chi connectivity index (χ0n) is 26.3. The maximum absolute atomic E-state index is 6.17. The minimum atomic E-state index is 0.879. The maximum Gasteiger partial charge on any atom is 0.135 e. The van der Waals surface area contributed by atoms with Gasteiger partial charge >= 0.3 is 0 Å². The lowest BCUT2D eigenvalue weighted by molar-refractivity contribution is 0.631. The van der Waals surface area contributed by atoms with Crippen LogP contribution in [0.3, 0.4) is 0 Å². The lowest BCUT2D eigenvalue weighted by Gasteiger charge is -2.26. The van der Waals surface area contributed by atoms with Crippen LogP contribution in [-0.2, 0) is 0 Å². The van der Waals surface area contributed by atoms with Crippen LogP contribution in [0, 0.1) is 0 Å². The van der Waals surface area contributed by atoms with Crippen molar-refractivity contribution in [3.05, 3.63) is 188 Å². The summed E-state index contributed by atoms with van der Waals surface area (Å²) in [5.74, 6) is 0.879. The minimum absolute atomic E-state index is 0.879. The molecule has 0 aliphatic rings. The molecule has 0 N–H and O–H groups in total. The second kappa shape index (κ2) is 11.8. The highest BCUT2D eigenvalue weighted by Gasteiger charge is 2.15. The fourth-order valence-electron chi connectivity index (χ4n) is 6.71. The molecule has 0 saturated heterocycles. The number of para-hydroxylation sites is 1. The van der Waals surface area contributed by atoms with Gasteiger partial charge in [0, 0.05) is 28.0 Å². The molecule has 8 aromatic carbocycles. The Kier molecular flexibility index (Phi) is 6.84. The summed E-state index contributed by atoms with van der Waals surface area (Å²) in [5, 5.41) is 6.06.